The average Bonchev–Trinajstić information content (AvgIpc) is 4.28. The highest BCUT2D eigenvalue weighted by molar-refractivity contribution is 7.21. The van der Waals surface area contributed by atoms with Crippen molar-refractivity contribution in [2.75, 3.05) is 7.05 Å². The number of aromatic nitrogens is 11. The molecular formula is C73H78N12O2S4. The maximum atomic E-state index is 8.81. The van der Waals surface area contributed by atoms with Crippen molar-refractivity contribution in [3.8, 4) is 76.3 Å². The standard InChI is InChI=1S/C22H25N3S.C19H22N4S.C16H14N2S.C15H14N2S.CH3NO2/c1-2-5-19-13-17(10-11-23-19)22-25-21(15-26-22)18-8-9-20(24-14-18)12-16-6-3-4-7-16;1-4-5-16-9-15(6-7-20-16)19-23-17(12-24-19)18-21-10-14(11-22-18)8-13(2)3;1-11-3-6-13(7-4-11)15-10-19-16(18-15)14-8-5-12(2)17-9-14;1-2-5-12-9-8-11(10-16-12)15-17-13-6-3-4-7-14(13)18-15;1-2(3)4/h8-11,13-16H,2-7,12H2,1H3;6-7,9-13H,4-5,8H2,1-3H3;3-10H,1-2H3;3-4,6-10H,2,5H2,1H3;1H3. The van der Waals surface area contributed by atoms with E-state index in [0.29, 0.717) is 11.7 Å². The van der Waals surface area contributed by atoms with Crippen molar-refractivity contribution in [2.24, 2.45) is 11.8 Å². The smallest absolute Gasteiger partial charge is 0.194 e. The van der Waals surface area contributed by atoms with Crippen molar-refractivity contribution >= 4 is 55.6 Å². The van der Waals surface area contributed by atoms with Gasteiger partial charge >= 0.3 is 0 Å². The van der Waals surface area contributed by atoms with E-state index in [1.54, 1.807) is 45.3 Å². The molecule has 10 aromatic heterocycles. The molecule has 14 nitrogen and oxygen atoms in total. The number of fused-ring (bicyclic) bond motifs is 1. The minimum Gasteiger partial charge on any atom is -0.265 e. The summed E-state index contributed by atoms with van der Waals surface area (Å²) in [5.41, 5.74) is 18.7. The number of hydrogen-bond acceptors (Lipinski definition) is 17. The zero-order valence-corrected chi connectivity index (χ0v) is 56.4. The number of nitro groups is 1. The van der Waals surface area contributed by atoms with Gasteiger partial charge < -0.3 is 0 Å². The van der Waals surface area contributed by atoms with Gasteiger partial charge in [0, 0.05) is 126 Å². The lowest BCUT2D eigenvalue weighted by Gasteiger charge is -2.08. The second-order valence-corrected chi connectivity index (χ2v) is 26.5. The number of nitrogens with zero attached hydrogens (tertiary/aromatic N) is 12. The molecule has 0 N–H and O–H groups in total. The maximum Gasteiger partial charge on any atom is 0.194 e. The van der Waals surface area contributed by atoms with E-state index in [9.17, 15) is 0 Å². The van der Waals surface area contributed by atoms with E-state index in [1.165, 1.54) is 47.2 Å². The van der Waals surface area contributed by atoms with Gasteiger partial charge in [0.1, 0.15) is 25.7 Å². The molecule has 13 rings (SSSR count). The van der Waals surface area contributed by atoms with Crippen LogP contribution in [-0.4, -0.2) is 66.8 Å². The van der Waals surface area contributed by atoms with E-state index in [1.807, 2.05) is 92.1 Å². The summed E-state index contributed by atoms with van der Waals surface area (Å²) >= 11 is 6.68. The second-order valence-electron chi connectivity index (χ2n) is 22.9. The molecule has 1 aliphatic rings. The topological polar surface area (TPSA) is 185 Å². The average molecular weight is 1280 g/mol. The van der Waals surface area contributed by atoms with Crippen molar-refractivity contribution in [1.82, 2.24) is 54.8 Å². The third kappa shape index (κ3) is 20.2. The zero-order valence-electron chi connectivity index (χ0n) is 53.1. The van der Waals surface area contributed by atoms with Gasteiger partial charge in [0.15, 0.2) is 12.9 Å². The normalized spacial score (nSPS) is 11.8. The lowest BCUT2D eigenvalue weighted by Crippen LogP contribution is -2.00. The molecule has 466 valence electrons. The Kier molecular flexibility index (Phi) is 25.0. The highest BCUT2D eigenvalue weighted by atomic mass is 32.1. The molecule has 12 aromatic rings. The molecule has 0 atom stereocenters. The summed E-state index contributed by atoms with van der Waals surface area (Å²) in [7, 11) is 0.889. The highest BCUT2D eigenvalue weighted by Crippen LogP contribution is 2.34. The number of pyridine rings is 5. The van der Waals surface area contributed by atoms with Gasteiger partial charge in [0.2, 0.25) is 0 Å². The van der Waals surface area contributed by atoms with E-state index in [0.717, 1.165) is 163 Å². The molecule has 1 aliphatic carbocycles. The fourth-order valence-corrected chi connectivity index (χ4v) is 13.5. The van der Waals surface area contributed by atoms with Crippen LogP contribution >= 0.6 is 45.3 Å². The summed E-state index contributed by atoms with van der Waals surface area (Å²) in [6, 6.07) is 37.7. The number of thiazole rings is 4. The Morgan fingerprint density at radius 2 is 1.02 bits per heavy atom. The molecule has 91 heavy (non-hydrogen) atoms. The van der Waals surface area contributed by atoms with E-state index >= 15 is 0 Å². The van der Waals surface area contributed by atoms with E-state index in [-0.39, 0.29) is 0 Å². The van der Waals surface area contributed by atoms with Crippen molar-refractivity contribution in [3.63, 3.8) is 0 Å². The molecule has 0 spiro atoms. The van der Waals surface area contributed by atoms with E-state index < -0.39 is 4.92 Å². The molecule has 0 bridgehead atoms. The molecular weight excluding hydrogens is 1210 g/mol. The minimum absolute atomic E-state index is 0.500. The molecule has 10 heterocycles. The van der Waals surface area contributed by atoms with Crippen molar-refractivity contribution in [1.29, 1.82) is 0 Å². The lowest BCUT2D eigenvalue weighted by atomic mass is 10.0. The molecule has 1 fully saturated rings. The van der Waals surface area contributed by atoms with Gasteiger partial charge in [-0.25, -0.2) is 29.9 Å². The van der Waals surface area contributed by atoms with Crippen molar-refractivity contribution < 1.29 is 4.92 Å². The SMILES string of the molecule is CCCc1cc(-c2nc(-c3ccc(CC4CCCC4)nc3)cs2)ccn1.CCCc1cc(-c2nc(-c3ncc(CC(C)C)cn3)cs2)ccn1.CCCc1ccc(-c2nc3ccccc3s2)cn1.C[N+](=O)[O-].Cc1ccc(-c2csc(-c3ccc(C)nc3)n2)cc1. The van der Waals surface area contributed by atoms with Gasteiger partial charge in [-0.1, -0.05) is 122 Å². The Hall–Kier alpha value is -8.55. The van der Waals surface area contributed by atoms with Gasteiger partial charge in [-0.3, -0.25) is 35.0 Å². The summed E-state index contributed by atoms with van der Waals surface area (Å²) in [6.45, 7) is 15.0. The molecule has 0 radical (unpaired) electrons. The Balaban J connectivity index is 0.000000142. The van der Waals surface area contributed by atoms with Crippen LogP contribution in [0.5, 0.6) is 0 Å². The predicted octanol–water partition coefficient (Wildman–Crippen LogP) is 19.5. The van der Waals surface area contributed by atoms with Crippen LogP contribution in [-0.2, 0) is 32.1 Å². The third-order valence-electron chi connectivity index (χ3n) is 14.7. The van der Waals surface area contributed by atoms with Gasteiger partial charge in [-0.15, -0.1) is 45.3 Å². The first-order valence-electron chi connectivity index (χ1n) is 31.2. The predicted molar refractivity (Wildman–Crippen MR) is 377 cm³/mol. The fraction of sp³-hybridized carbons (Fsp3) is 0.301. The first kappa shape index (κ1) is 66.9. The summed E-state index contributed by atoms with van der Waals surface area (Å²) in [6.07, 6.45) is 27.4. The molecule has 1 saturated carbocycles. The van der Waals surface area contributed by atoms with E-state index in [4.69, 9.17) is 25.1 Å². The summed E-state index contributed by atoms with van der Waals surface area (Å²) in [5, 5.41) is 19.2. The molecule has 18 heteroatoms. The van der Waals surface area contributed by atoms with Crippen molar-refractivity contribution in [3.05, 3.63) is 218 Å². The van der Waals surface area contributed by atoms with Gasteiger partial charge in [-0.05, 0) is 136 Å². The second kappa shape index (κ2) is 34.0. The summed E-state index contributed by atoms with van der Waals surface area (Å²) < 4.78 is 1.23. The number of para-hydroxylation sites is 1. The van der Waals surface area contributed by atoms with Crippen LogP contribution in [0.4, 0.5) is 0 Å². The van der Waals surface area contributed by atoms with Crippen LogP contribution in [0.25, 0.3) is 86.5 Å². The molecule has 2 aromatic carbocycles. The summed E-state index contributed by atoms with van der Waals surface area (Å²) in [4.78, 5) is 58.5. The summed E-state index contributed by atoms with van der Waals surface area (Å²) in [5.74, 6) is 2.13. The number of benzene rings is 2. The molecule has 0 aliphatic heterocycles. The van der Waals surface area contributed by atoms with Gasteiger partial charge in [0.05, 0.1) is 21.6 Å². The first-order valence-corrected chi connectivity index (χ1v) is 34.7. The number of hydrogen-bond donors (Lipinski definition) is 0. The lowest BCUT2D eigenvalue weighted by molar-refractivity contribution is -0.445. The van der Waals surface area contributed by atoms with Crippen molar-refractivity contribution in [2.45, 2.75) is 126 Å². The number of rotatable bonds is 17. The van der Waals surface area contributed by atoms with Crippen LogP contribution in [0.15, 0.2) is 169 Å². The van der Waals surface area contributed by atoms with E-state index in [2.05, 4.69) is 165 Å². The van der Waals surface area contributed by atoms with Gasteiger partial charge in [-0.2, -0.15) is 0 Å². The minimum atomic E-state index is -0.500. The van der Waals surface area contributed by atoms with Crippen LogP contribution in [0.2, 0.25) is 0 Å². The molecule has 0 saturated heterocycles. The van der Waals surface area contributed by atoms with Crippen LogP contribution in [0.3, 0.4) is 0 Å². The highest BCUT2D eigenvalue weighted by Gasteiger charge is 2.17. The third-order valence-corrected chi connectivity index (χ3v) is 18.5. The maximum absolute atomic E-state index is 8.81. The molecule has 0 unspecified atom stereocenters. The van der Waals surface area contributed by atoms with Crippen LogP contribution < -0.4 is 0 Å². The quantitative estimate of drug-likeness (QED) is 0.0620. The Bertz CT molecular complexity index is 4060. The Morgan fingerprint density at radius 3 is 1.58 bits per heavy atom. The molecule has 0 amide bonds. The van der Waals surface area contributed by atoms with Gasteiger partial charge in [0.25, 0.3) is 0 Å². The monoisotopic (exact) mass is 1280 g/mol. The fourth-order valence-electron chi connectivity index (χ4n) is 10.1. The Morgan fingerprint density at radius 1 is 0.516 bits per heavy atom. The van der Waals surface area contributed by atoms with Crippen LogP contribution in [0, 0.1) is 35.8 Å². The zero-order chi connectivity index (χ0) is 63.9. The first-order chi connectivity index (χ1) is 44.3. The Labute approximate surface area is 550 Å². The number of aryl methyl sites for hydroxylation is 5. The largest absolute Gasteiger partial charge is 0.265 e. The van der Waals surface area contributed by atoms with Crippen LogP contribution in [0.1, 0.15) is 119 Å².